The van der Waals surface area contributed by atoms with Crippen LogP contribution in [0.5, 0.6) is 0 Å². The Kier molecular flexibility index (Phi) is 4.62. The number of benzene rings is 1. The molecule has 0 aliphatic heterocycles. The van der Waals surface area contributed by atoms with E-state index in [1.54, 1.807) is 18.2 Å². The Bertz CT molecular complexity index is 657. The largest absolute Gasteiger partial charge is 0.478 e. The number of aromatic nitrogens is 1. The highest BCUT2D eigenvalue weighted by molar-refractivity contribution is 5.94. The van der Waals surface area contributed by atoms with Crippen molar-refractivity contribution in [3.8, 4) is 0 Å². The van der Waals surface area contributed by atoms with Crippen LogP contribution in [0, 0.1) is 0 Å². The van der Waals surface area contributed by atoms with Gasteiger partial charge in [-0.15, -0.1) is 0 Å². The Hall–Kier alpha value is -2.30. The molecule has 0 atom stereocenters. The SMILES string of the molecule is CCC(CC)NC(=O)Cn1ccc2cc(C(=O)O)ccc21. The van der Waals surface area contributed by atoms with Gasteiger partial charge in [-0.3, -0.25) is 4.79 Å². The number of hydrogen-bond donors (Lipinski definition) is 2. The summed E-state index contributed by atoms with van der Waals surface area (Å²) in [6, 6.07) is 6.94. The molecule has 2 rings (SSSR count). The van der Waals surface area contributed by atoms with Gasteiger partial charge in [0.15, 0.2) is 0 Å². The summed E-state index contributed by atoms with van der Waals surface area (Å²) in [4.78, 5) is 23.0. The lowest BCUT2D eigenvalue weighted by Gasteiger charge is -2.15. The monoisotopic (exact) mass is 288 g/mol. The zero-order chi connectivity index (χ0) is 15.4. The molecule has 0 aliphatic rings. The number of nitrogens with zero attached hydrogens (tertiary/aromatic N) is 1. The predicted octanol–water partition coefficient (Wildman–Crippen LogP) is 2.64. The van der Waals surface area contributed by atoms with Gasteiger partial charge in [-0.2, -0.15) is 0 Å². The first-order chi connectivity index (χ1) is 10.0. The molecule has 0 saturated heterocycles. The molecule has 2 N–H and O–H groups in total. The lowest BCUT2D eigenvalue weighted by molar-refractivity contribution is -0.122. The van der Waals surface area contributed by atoms with Gasteiger partial charge < -0.3 is 15.0 Å². The Morgan fingerprint density at radius 3 is 2.57 bits per heavy atom. The van der Waals surface area contributed by atoms with Gasteiger partial charge in [0.1, 0.15) is 6.54 Å². The molecule has 0 spiro atoms. The third kappa shape index (κ3) is 3.42. The van der Waals surface area contributed by atoms with Crippen molar-refractivity contribution in [3.63, 3.8) is 0 Å². The number of fused-ring (bicyclic) bond motifs is 1. The third-order valence-electron chi connectivity index (χ3n) is 3.68. The van der Waals surface area contributed by atoms with E-state index in [0.717, 1.165) is 23.7 Å². The van der Waals surface area contributed by atoms with E-state index in [1.807, 2.05) is 30.7 Å². The molecule has 5 nitrogen and oxygen atoms in total. The van der Waals surface area contributed by atoms with Gasteiger partial charge >= 0.3 is 5.97 Å². The smallest absolute Gasteiger partial charge is 0.335 e. The highest BCUT2D eigenvalue weighted by Crippen LogP contribution is 2.17. The van der Waals surface area contributed by atoms with Crippen LogP contribution in [0.25, 0.3) is 10.9 Å². The van der Waals surface area contributed by atoms with Gasteiger partial charge in [0, 0.05) is 23.1 Å². The first-order valence-electron chi connectivity index (χ1n) is 7.16. The molecule has 0 radical (unpaired) electrons. The zero-order valence-corrected chi connectivity index (χ0v) is 12.3. The number of nitrogens with one attached hydrogen (secondary N) is 1. The van der Waals surface area contributed by atoms with Crippen molar-refractivity contribution in [3.05, 3.63) is 36.0 Å². The molecule has 21 heavy (non-hydrogen) atoms. The number of carbonyl (C=O) groups is 2. The van der Waals surface area contributed by atoms with E-state index in [4.69, 9.17) is 5.11 Å². The number of carbonyl (C=O) groups excluding carboxylic acids is 1. The van der Waals surface area contributed by atoms with E-state index in [-0.39, 0.29) is 24.1 Å². The molecule has 0 saturated carbocycles. The molecule has 0 unspecified atom stereocenters. The van der Waals surface area contributed by atoms with Gasteiger partial charge in [-0.05, 0) is 37.1 Å². The molecule has 0 aliphatic carbocycles. The van der Waals surface area contributed by atoms with Crippen molar-refractivity contribution in [2.45, 2.75) is 39.3 Å². The predicted molar refractivity (Wildman–Crippen MR) is 81.4 cm³/mol. The minimum absolute atomic E-state index is 0.0245. The fourth-order valence-corrected chi connectivity index (χ4v) is 2.39. The van der Waals surface area contributed by atoms with E-state index >= 15 is 0 Å². The number of aromatic carboxylic acids is 1. The number of carboxylic acid groups (broad SMARTS) is 1. The maximum absolute atomic E-state index is 12.0. The third-order valence-corrected chi connectivity index (χ3v) is 3.68. The molecule has 1 heterocycles. The van der Waals surface area contributed by atoms with Crippen molar-refractivity contribution in [2.75, 3.05) is 0 Å². The first-order valence-corrected chi connectivity index (χ1v) is 7.16. The maximum Gasteiger partial charge on any atom is 0.335 e. The van der Waals surface area contributed by atoms with Crippen LogP contribution in [0.1, 0.15) is 37.0 Å². The van der Waals surface area contributed by atoms with Crippen LogP contribution in [0.15, 0.2) is 30.5 Å². The van der Waals surface area contributed by atoms with E-state index in [2.05, 4.69) is 5.32 Å². The van der Waals surface area contributed by atoms with Gasteiger partial charge in [0.05, 0.1) is 5.56 Å². The van der Waals surface area contributed by atoms with Gasteiger partial charge in [0.2, 0.25) is 5.91 Å². The molecule has 1 aromatic heterocycles. The molecule has 1 amide bonds. The van der Waals surface area contributed by atoms with Crippen LogP contribution in [-0.2, 0) is 11.3 Å². The normalized spacial score (nSPS) is 11.0. The van der Waals surface area contributed by atoms with E-state index in [0.29, 0.717) is 0 Å². The second kappa shape index (κ2) is 6.43. The van der Waals surface area contributed by atoms with E-state index in [9.17, 15) is 9.59 Å². The van der Waals surface area contributed by atoms with Crippen molar-refractivity contribution < 1.29 is 14.7 Å². The fourth-order valence-electron chi connectivity index (χ4n) is 2.39. The van der Waals surface area contributed by atoms with Crippen LogP contribution in [0.3, 0.4) is 0 Å². The Balaban J connectivity index is 2.16. The quantitative estimate of drug-likeness (QED) is 0.858. The zero-order valence-electron chi connectivity index (χ0n) is 12.3. The minimum atomic E-state index is -0.948. The second-order valence-electron chi connectivity index (χ2n) is 5.10. The summed E-state index contributed by atoms with van der Waals surface area (Å²) < 4.78 is 1.83. The number of carboxylic acids is 1. The maximum atomic E-state index is 12.0. The van der Waals surface area contributed by atoms with Gasteiger partial charge in [-0.1, -0.05) is 13.8 Å². The lowest BCUT2D eigenvalue weighted by atomic mass is 10.1. The molecule has 1 aromatic carbocycles. The van der Waals surface area contributed by atoms with Gasteiger partial charge in [-0.25, -0.2) is 4.79 Å². The number of rotatable bonds is 6. The molecular formula is C16H20N2O3. The molecule has 5 heteroatoms. The van der Waals surface area contributed by atoms with Crippen LogP contribution in [0.2, 0.25) is 0 Å². The average Bonchev–Trinajstić information content (AvgIpc) is 2.87. The van der Waals surface area contributed by atoms with Crippen LogP contribution in [-0.4, -0.2) is 27.6 Å². The summed E-state index contributed by atoms with van der Waals surface area (Å²) in [5.41, 5.74) is 1.11. The van der Waals surface area contributed by atoms with Crippen molar-refractivity contribution in [2.24, 2.45) is 0 Å². The summed E-state index contributed by atoms with van der Waals surface area (Å²) in [5.74, 6) is -0.973. The highest BCUT2D eigenvalue weighted by Gasteiger charge is 2.11. The molecule has 0 bridgehead atoms. The lowest BCUT2D eigenvalue weighted by Crippen LogP contribution is -2.36. The molecule has 112 valence electrons. The summed E-state index contributed by atoms with van der Waals surface area (Å²) in [5, 5.41) is 12.8. The summed E-state index contributed by atoms with van der Waals surface area (Å²) in [7, 11) is 0. The second-order valence-corrected chi connectivity index (χ2v) is 5.10. The van der Waals surface area contributed by atoms with Gasteiger partial charge in [0.25, 0.3) is 0 Å². The molecular weight excluding hydrogens is 268 g/mol. The standard InChI is InChI=1S/C16H20N2O3/c1-3-13(4-2)17-15(19)10-18-8-7-11-9-12(16(20)21)5-6-14(11)18/h5-9,13H,3-4,10H2,1-2H3,(H,17,19)(H,20,21). The molecule has 0 fully saturated rings. The average molecular weight is 288 g/mol. The van der Waals surface area contributed by atoms with Crippen molar-refractivity contribution >= 4 is 22.8 Å². The highest BCUT2D eigenvalue weighted by atomic mass is 16.4. The topological polar surface area (TPSA) is 71.3 Å². The van der Waals surface area contributed by atoms with Crippen LogP contribution >= 0.6 is 0 Å². The van der Waals surface area contributed by atoms with Crippen molar-refractivity contribution in [1.29, 1.82) is 0 Å². The first kappa shape index (κ1) is 15.1. The van der Waals surface area contributed by atoms with Crippen LogP contribution < -0.4 is 5.32 Å². The summed E-state index contributed by atoms with van der Waals surface area (Å²) in [6.07, 6.45) is 3.63. The fraction of sp³-hybridized carbons (Fsp3) is 0.375. The molecule has 2 aromatic rings. The van der Waals surface area contributed by atoms with Crippen LogP contribution in [0.4, 0.5) is 0 Å². The Labute approximate surface area is 123 Å². The minimum Gasteiger partial charge on any atom is -0.478 e. The van der Waals surface area contributed by atoms with Crippen molar-refractivity contribution in [1.82, 2.24) is 9.88 Å². The number of hydrogen-bond acceptors (Lipinski definition) is 2. The summed E-state index contributed by atoms with van der Waals surface area (Å²) >= 11 is 0. The van der Waals surface area contributed by atoms with E-state index in [1.165, 1.54) is 0 Å². The number of amides is 1. The Morgan fingerprint density at radius 2 is 1.95 bits per heavy atom. The summed E-state index contributed by atoms with van der Waals surface area (Å²) in [6.45, 7) is 4.34. The van der Waals surface area contributed by atoms with E-state index < -0.39 is 5.97 Å². The Morgan fingerprint density at radius 1 is 1.24 bits per heavy atom.